The molecule has 2 aliphatic carbocycles. The van der Waals surface area contributed by atoms with E-state index in [1.165, 1.54) is 29.2 Å². The molecule has 63 heavy (non-hydrogen) atoms. The molecule has 0 spiro atoms. The van der Waals surface area contributed by atoms with Crippen molar-refractivity contribution in [3.63, 3.8) is 0 Å². The molecule has 2 heterocycles. The van der Waals surface area contributed by atoms with Gasteiger partial charge in [0.25, 0.3) is 11.8 Å². The Bertz CT molecular complexity index is 2900. The van der Waals surface area contributed by atoms with E-state index < -0.39 is 52.6 Å². The van der Waals surface area contributed by atoms with E-state index >= 15 is 9.59 Å². The molecule has 0 bridgehead atoms. The zero-order chi connectivity index (χ0) is 43.7. The first kappa shape index (κ1) is 39.9. The average molecular weight is 859 g/mol. The summed E-state index contributed by atoms with van der Waals surface area (Å²) in [5.74, 6) is -6.27. The number of aromatic hydroxyl groups is 1. The predicted molar refractivity (Wildman–Crippen MR) is 239 cm³/mol. The van der Waals surface area contributed by atoms with Crippen LogP contribution in [0.15, 0.2) is 155 Å². The highest BCUT2D eigenvalue weighted by molar-refractivity contribution is 6.30. The monoisotopic (exact) mass is 858 g/mol. The van der Waals surface area contributed by atoms with Crippen LogP contribution in [0, 0.1) is 29.5 Å². The van der Waals surface area contributed by atoms with Gasteiger partial charge >= 0.3 is 0 Å². The molecule has 1 saturated carbocycles. The molecule has 6 atom stereocenters. The summed E-state index contributed by atoms with van der Waals surface area (Å²) < 4.78 is 14.0. The Kier molecular flexibility index (Phi) is 9.71. The molecule has 6 aromatic rings. The van der Waals surface area contributed by atoms with Gasteiger partial charge in [0.05, 0.1) is 45.9 Å². The minimum absolute atomic E-state index is 0.0447. The van der Waals surface area contributed by atoms with Crippen LogP contribution in [0.4, 0.5) is 32.8 Å². The van der Waals surface area contributed by atoms with Crippen LogP contribution in [0.5, 0.6) is 5.75 Å². The predicted octanol–water partition coefficient (Wildman–Crippen LogP) is 10.0. The number of hydrogen-bond donors (Lipinski definition) is 2. The van der Waals surface area contributed by atoms with Crippen molar-refractivity contribution >= 4 is 74.4 Å². The summed E-state index contributed by atoms with van der Waals surface area (Å²) in [5, 5.41) is 22.5. The molecule has 2 saturated heterocycles. The minimum atomic E-state index is -1.58. The van der Waals surface area contributed by atoms with Crippen molar-refractivity contribution in [2.24, 2.45) is 33.9 Å². The van der Waals surface area contributed by atoms with Gasteiger partial charge < -0.3 is 10.0 Å². The summed E-state index contributed by atoms with van der Waals surface area (Å²) in [7, 11) is 3.92. The molecule has 2 N–H and O–H groups in total. The van der Waals surface area contributed by atoms with Gasteiger partial charge in [-0.1, -0.05) is 65.7 Å². The Balaban J connectivity index is 1.07. The smallest absolute Gasteiger partial charge is 0.260 e. The molecule has 0 unspecified atom stereocenters. The number of fused-ring (bicyclic) bond motifs is 5. The van der Waals surface area contributed by atoms with Crippen molar-refractivity contribution in [2.75, 3.05) is 29.3 Å². The largest absolute Gasteiger partial charge is 0.507 e. The van der Waals surface area contributed by atoms with Crippen molar-refractivity contribution in [2.45, 2.75) is 24.2 Å². The van der Waals surface area contributed by atoms with Crippen LogP contribution in [0.3, 0.4) is 0 Å². The van der Waals surface area contributed by atoms with Gasteiger partial charge in [0.2, 0.25) is 11.8 Å². The number of carbonyl (C=O) groups is 4. The van der Waals surface area contributed by atoms with E-state index in [0.29, 0.717) is 49.7 Å². The molecule has 4 amide bonds. The average Bonchev–Trinajstić information content (AvgIpc) is 3.67. The zero-order valence-electron chi connectivity index (χ0n) is 34.2. The van der Waals surface area contributed by atoms with Gasteiger partial charge in [-0.3, -0.25) is 29.5 Å². The fourth-order valence-corrected chi connectivity index (χ4v) is 10.5. The molecular weight excluding hydrogens is 819 g/mol. The summed E-state index contributed by atoms with van der Waals surface area (Å²) >= 11 is 6.45. The van der Waals surface area contributed by atoms with Gasteiger partial charge in [0.15, 0.2) is 0 Å². The maximum Gasteiger partial charge on any atom is 0.260 e. The number of nitrogens with one attached hydrogen (secondary N) is 1. The maximum atomic E-state index is 15.6. The standard InChI is InChI=1S/C50H40ClFN6O5/c1-56(2)34-19-15-31(16-20-34)53-54-32-17-21-35(22-18-32)57-46(60)40-24-23-39-41(44(40)48(57)62)27-42-47(61)58(55-33-13-11-30(52)12-14-33)49(63)50(42,28-7-9-29(51)10-8-28)45(39)38-25-26-43(59)37-6-4-3-5-36(37)38/h3-23,25-26,40-42,44-45,55,59H,24,27H2,1-2H3/t40-,41+,42-,44-,45-,50+/m0/s1. The lowest BCUT2D eigenvalue weighted by molar-refractivity contribution is -0.138. The third-order valence-corrected chi connectivity index (χ3v) is 13.5. The number of phenols is 1. The van der Waals surface area contributed by atoms with E-state index in [2.05, 4.69) is 15.7 Å². The van der Waals surface area contributed by atoms with E-state index in [0.717, 1.165) is 16.3 Å². The number of phenolic OH excluding ortho intramolecular Hbond substituents is 1. The number of rotatable bonds is 8. The number of carbonyl (C=O) groups excluding carboxylic acids is 4. The quantitative estimate of drug-likeness (QED) is 0.0884. The number of azo groups is 1. The number of nitrogens with zero attached hydrogens (tertiary/aromatic N) is 5. The van der Waals surface area contributed by atoms with Crippen molar-refractivity contribution in [3.8, 4) is 5.75 Å². The normalized spacial score (nSPS) is 24.1. The number of hydrazine groups is 1. The van der Waals surface area contributed by atoms with Gasteiger partial charge in [-0.25, -0.2) is 4.39 Å². The van der Waals surface area contributed by atoms with Crippen molar-refractivity contribution < 1.29 is 28.7 Å². The topological polar surface area (TPSA) is 135 Å². The molecule has 314 valence electrons. The highest BCUT2D eigenvalue weighted by atomic mass is 35.5. The Morgan fingerprint density at radius 1 is 0.746 bits per heavy atom. The lowest BCUT2D eigenvalue weighted by Gasteiger charge is -2.51. The number of benzene rings is 6. The second-order valence-electron chi connectivity index (χ2n) is 16.7. The molecule has 10 rings (SSSR count). The molecule has 0 aromatic heterocycles. The van der Waals surface area contributed by atoms with Crippen LogP contribution in [0.2, 0.25) is 5.02 Å². The first-order valence-corrected chi connectivity index (χ1v) is 21.1. The van der Waals surface area contributed by atoms with Gasteiger partial charge in [-0.2, -0.15) is 15.2 Å². The minimum Gasteiger partial charge on any atom is -0.507 e. The van der Waals surface area contributed by atoms with Crippen molar-refractivity contribution in [3.05, 3.63) is 167 Å². The fourth-order valence-electron chi connectivity index (χ4n) is 10.4. The van der Waals surface area contributed by atoms with Gasteiger partial charge in [-0.15, -0.1) is 0 Å². The highest BCUT2D eigenvalue weighted by Gasteiger charge is 2.70. The number of imide groups is 2. The highest BCUT2D eigenvalue weighted by Crippen LogP contribution is 2.65. The molecular formula is C50H40ClFN6O5. The second kappa shape index (κ2) is 15.3. The lowest BCUT2D eigenvalue weighted by Crippen LogP contribution is -2.53. The van der Waals surface area contributed by atoms with Crippen LogP contribution in [0.1, 0.15) is 29.9 Å². The third-order valence-electron chi connectivity index (χ3n) is 13.3. The van der Waals surface area contributed by atoms with E-state index in [-0.39, 0.29) is 30.4 Å². The summed E-state index contributed by atoms with van der Waals surface area (Å²) in [6, 6.07) is 37.4. The second-order valence-corrected chi connectivity index (χ2v) is 17.2. The summed E-state index contributed by atoms with van der Waals surface area (Å²) in [6.07, 6.45) is 2.29. The van der Waals surface area contributed by atoms with Crippen molar-refractivity contribution in [1.29, 1.82) is 0 Å². The van der Waals surface area contributed by atoms with Crippen LogP contribution < -0.4 is 15.2 Å². The Hall–Kier alpha value is -7.18. The van der Waals surface area contributed by atoms with Crippen LogP contribution >= 0.6 is 11.6 Å². The SMILES string of the molecule is CN(C)c1ccc(N=Nc2ccc(N3C(=O)[C@H]4[C@H](CC=C5[C@H]4C[C@H]4C(=O)N(Nc6ccc(F)cc6)C(=O)[C@@]4(c4ccc(Cl)cc4)[C@H]5c4ccc(O)c5ccccc45)C3=O)cc2)cc1. The number of halogens is 2. The molecule has 0 radical (unpaired) electrons. The molecule has 2 aliphatic heterocycles. The molecule has 13 heteroatoms. The molecule has 3 fully saturated rings. The number of anilines is 3. The van der Waals surface area contributed by atoms with E-state index in [9.17, 15) is 19.1 Å². The van der Waals surface area contributed by atoms with E-state index in [1.54, 1.807) is 66.7 Å². The molecule has 4 aliphatic rings. The Labute approximate surface area is 367 Å². The summed E-state index contributed by atoms with van der Waals surface area (Å²) in [6.45, 7) is 0. The number of allylic oxidation sites excluding steroid dienone is 2. The van der Waals surface area contributed by atoms with Crippen molar-refractivity contribution in [1.82, 2.24) is 5.01 Å². The van der Waals surface area contributed by atoms with Gasteiger partial charge in [0, 0.05) is 36.1 Å². The number of hydrogen-bond acceptors (Lipinski definition) is 9. The third kappa shape index (κ3) is 6.38. The van der Waals surface area contributed by atoms with Crippen LogP contribution in [0.25, 0.3) is 10.8 Å². The fraction of sp³-hybridized carbons (Fsp3) is 0.200. The molecule has 6 aromatic carbocycles. The summed E-state index contributed by atoms with van der Waals surface area (Å²) in [4.78, 5) is 63.2. The van der Waals surface area contributed by atoms with Gasteiger partial charge in [-0.05, 0) is 126 Å². The van der Waals surface area contributed by atoms with Gasteiger partial charge in [0.1, 0.15) is 11.6 Å². The van der Waals surface area contributed by atoms with E-state index in [4.69, 9.17) is 11.6 Å². The zero-order valence-corrected chi connectivity index (χ0v) is 34.9. The first-order valence-electron chi connectivity index (χ1n) is 20.7. The van der Waals surface area contributed by atoms with E-state index in [1.807, 2.05) is 67.5 Å². The first-order chi connectivity index (χ1) is 30.4. The summed E-state index contributed by atoms with van der Waals surface area (Å²) in [5.41, 5.74) is 6.35. The van der Waals surface area contributed by atoms with Crippen LogP contribution in [-0.4, -0.2) is 47.8 Å². The lowest BCUT2D eigenvalue weighted by atomic mass is 9.49. The maximum absolute atomic E-state index is 15.6. The molecule has 11 nitrogen and oxygen atoms in total. The number of amides is 4. The Morgan fingerprint density at radius 2 is 1.40 bits per heavy atom. The van der Waals surface area contributed by atoms with Crippen LogP contribution in [-0.2, 0) is 24.6 Å². The Morgan fingerprint density at radius 3 is 2.06 bits per heavy atom.